The molecule has 68 heavy (non-hydrogen) atoms. The van der Waals surface area contributed by atoms with Crippen molar-refractivity contribution >= 4 is 70.2 Å². The minimum absolute atomic E-state index is 0.0142. The van der Waals surface area contributed by atoms with Crippen LogP contribution in [0.15, 0.2) is 98.9 Å². The minimum atomic E-state index is -4.63. The van der Waals surface area contributed by atoms with Crippen molar-refractivity contribution in [3.05, 3.63) is 78.9 Å². The summed E-state index contributed by atoms with van der Waals surface area (Å²) in [6, 6.07) is 20.1. The lowest BCUT2D eigenvalue weighted by Crippen LogP contribution is -2.33. The van der Waals surface area contributed by atoms with Gasteiger partial charge in [-0.25, -0.2) is 16.8 Å². The number of ether oxygens (including phenoxy) is 1. The number of para-hydroxylation sites is 1. The predicted octanol–water partition coefficient (Wildman–Crippen LogP) is 14.4. The van der Waals surface area contributed by atoms with Crippen LogP contribution in [-0.2, 0) is 24.8 Å². The maximum atomic E-state index is 15.0. The molecule has 0 fully saturated rings. The number of amides is 1. The third-order valence-corrected chi connectivity index (χ3v) is 15.8. The second-order valence-electron chi connectivity index (χ2n) is 17.7. The highest BCUT2D eigenvalue weighted by molar-refractivity contribution is 7.93. The Morgan fingerprint density at radius 1 is 0.574 bits per heavy atom. The Kier molecular flexibility index (Phi) is 21.4. The number of fused-ring (bicyclic) bond motifs is 2. The molecule has 370 valence electrons. The van der Waals surface area contributed by atoms with E-state index in [0.717, 1.165) is 38.5 Å². The highest BCUT2D eigenvalue weighted by atomic mass is 32.2. The van der Waals surface area contributed by atoms with E-state index in [1.165, 1.54) is 121 Å². The van der Waals surface area contributed by atoms with Gasteiger partial charge in [-0.05, 0) is 49.2 Å². The fourth-order valence-corrected chi connectivity index (χ4v) is 11.7. The molecule has 0 aliphatic carbocycles. The highest BCUT2D eigenvalue weighted by Crippen LogP contribution is 2.44. The molecule has 0 heterocycles. The van der Waals surface area contributed by atoms with E-state index in [0.29, 0.717) is 37.4 Å². The molecule has 5 rings (SSSR count). The number of nitrogens with zero attached hydrogens (tertiary/aromatic N) is 3. The number of carbonyl (C=O) groups is 1. The third-order valence-electron chi connectivity index (χ3n) is 12.4. The van der Waals surface area contributed by atoms with Gasteiger partial charge < -0.3 is 20.3 Å². The average Bonchev–Trinajstić information content (AvgIpc) is 3.32. The van der Waals surface area contributed by atoms with Crippen molar-refractivity contribution in [3.63, 3.8) is 0 Å². The smallest absolute Gasteiger partial charge is 0.262 e. The molecular weight excluding hydrogens is 899 g/mol. The Morgan fingerprint density at radius 2 is 1.09 bits per heavy atom. The van der Waals surface area contributed by atoms with Gasteiger partial charge in [-0.1, -0.05) is 172 Å². The summed E-state index contributed by atoms with van der Waals surface area (Å²) in [6.45, 7) is 6.36. The van der Waals surface area contributed by atoms with Crippen molar-refractivity contribution in [1.82, 2.24) is 4.31 Å². The second kappa shape index (κ2) is 27.1. The quantitative estimate of drug-likeness (QED) is 0.0192. The SMILES string of the molecule is CCCCCCCCCCCCN(CCCCCCCCCCCC)S(=O)(=O)c1cc(NS(=O)(=O)c2ccc(NC(C)=O)c3c(O)c(/N=N/c4ccccc4OC)ccc23)c(O)c2ccccc12. The van der Waals surface area contributed by atoms with Crippen LogP contribution in [-0.4, -0.2) is 57.5 Å². The molecule has 0 bridgehead atoms. The Labute approximate surface area is 404 Å². The zero-order valence-electron chi connectivity index (χ0n) is 40.6. The van der Waals surface area contributed by atoms with Gasteiger partial charge in [0.15, 0.2) is 5.75 Å². The van der Waals surface area contributed by atoms with Crippen LogP contribution in [0.2, 0.25) is 0 Å². The highest BCUT2D eigenvalue weighted by Gasteiger charge is 2.30. The first kappa shape index (κ1) is 53.7. The van der Waals surface area contributed by atoms with Crippen LogP contribution in [0.5, 0.6) is 17.2 Å². The van der Waals surface area contributed by atoms with Gasteiger partial charge in [0.25, 0.3) is 10.0 Å². The average molecular weight is 972 g/mol. The Hall–Kier alpha value is -5.25. The van der Waals surface area contributed by atoms with Crippen molar-refractivity contribution in [2.24, 2.45) is 10.2 Å². The van der Waals surface area contributed by atoms with Crippen molar-refractivity contribution < 1.29 is 36.6 Å². The van der Waals surface area contributed by atoms with Gasteiger partial charge in [0.2, 0.25) is 15.9 Å². The van der Waals surface area contributed by atoms with Crippen molar-refractivity contribution in [2.45, 2.75) is 159 Å². The van der Waals surface area contributed by atoms with Gasteiger partial charge in [-0.2, -0.15) is 4.31 Å². The van der Waals surface area contributed by atoms with Gasteiger partial charge in [0.05, 0.1) is 33.7 Å². The zero-order valence-corrected chi connectivity index (χ0v) is 42.2. The largest absolute Gasteiger partial charge is 0.505 e. The van der Waals surface area contributed by atoms with Crippen molar-refractivity contribution in [2.75, 3.05) is 30.2 Å². The Balaban J connectivity index is 1.45. The Bertz CT molecular complexity index is 2650. The summed E-state index contributed by atoms with van der Waals surface area (Å²) in [5.74, 6) is -0.918. The lowest BCUT2D eigenvalue weighted by molar-refractivity contribution is -0.114. The van der Waals surface area contributed by atoms with Crippen LogP contribution in [0, 0.1) is 0 Å². The van der Waals surface area contributed by atoms with E-state index < -0.39 is 37.5 Å². The number of aromatic hydroxyl groups is 2. The predicted molar refractivity (Wildman–Crippen MR) is 276 cm³/mol. The lowest BCUT2D eigenvalue weighted by atomic mass is 10.1. The van der Waals surface area contributed by atoms with Gasteiger partial charge in [-0.15, -0.1) is 10.2 Å². The molecule has 0 saturated carbocycles. The molecule has 0 unspecified atom stereocenters. The molecular formula is C53H73N5O8S2. The molecule has 0 radical (unpaired) electrons. The number of carbonyl (C=O) groups excluding carboxylic acids is 1. The second-order valence-corrected chi connectivity index (χ2v) is 21.3. The number of sulfonamides is 2. The van der Waals surface area contributed by atoms with Gasteiger partial charge >= 0.3 is 0 Å². The van der Waals surface area contributed by atoms with E-state index in [2.05, 4.69) is 34.1 Å². The fraction of sp³-hybridized carbons (Fsp3) is 0.491. The minimum Gasteiger partial charge on any atom is -0.505 e. The molecule has 0 atom stereocenters. The molecule has 0 aliphatic heterocycles. The maximum Gasteiger partial charge on any atom is 0.262 e. The molecule has 4 N–H and O–H groups in total. The number of benzene rings is 5. The van der Waals surface area contributed by atoms with Gasteiger partial charge in [0.1, 0.15) is 22.9 Å². The number of methoxy groups -OCH3 is 1. The van der Waals surface area contributed by atoms with Crippen molar-refractivity contribution in [1.29, 1.82) is 0 Å². The first-order valence-electron chi connectivity index (χ1n) is 24.7. The molecule has 5 aromatic rings. The number of phenolic OH excluding ortho intramolecular Hbond substituents is 2. The molecule has 0 aromatic heterocycles. The monoisotopic (exact) mass is 971 g/mol. The van der Waals surface area contributed by atoms with Crippen LogP contribution in [0.1, 0.15) is 149 Å². The topological polar surface area (TPSA) is 187 Å². The number of hydrogen-bond acceptors (Lipinski definition) is 10. The molecule has 0 spiro atoms. The summed E-state index contributed by atoms with van der Waals surface area (Å²) in [7, 11) is -7.35. The molecule has 5 aromatic carbocycles. The van der Waals surface area contributed by atoms with Crippen LogP contribution >= 0.6 is 0 Å². The number of phenols is 2. The molecule has 15 heteroatoms. The van der Waals surface area contributed by atoms with E-state index in [4.69, 9.17) is 4.74 Å². The Morgan fingerprint density at radius 3 is 1.65 bits per heavy atom. The molecule has 0 saturated heterocycles. The first-order valence-corrected chi connectivity index (χ1v) is 27.6. The third kappa shape index (κ3) is 14.9. The summed E-state index contributed by atoms with van der Waals surface area (Å²) < 4.78 is 68.4. The summed E-state index contributed by atoms with van der Waals surface area (Å²) >= 11 is 0. The standard InChI is InChI=1S/C53H73N5O8S2/c1-5-7-9-11-13-15-17-19-21-27-37-58(38-28-22-20-18-16-14-12-10-8-6-2)68(64,65)50-39-47(52(60)42-30-24-23-29-41(42)50)57-67(62,63)49-36-35-45(54-40(3)59)51-43(49)33-34-46(53(51)61)56-55-44-31-25-26-32-48(44)66-4/h23-26,29-36,39,57,60-61H,5-22,27-28,37-38H2,1-4H3,(H,54,59)/b56-55+. The van der Waals surface area contributed by atoms with E-state index in [-0.39, 0.29) is 48.4 Å². The summed E-state index contributed by atoms with van der Waals surface area (Å²) in [5, 5.41) is 34.8. The van der Waals surface area contributed by atoms with E-state index in [9.17, 15) is 31.8 Å². The van der Waals surface area contributed by atoms with Crippen LogP contribution < -0.4 is 14.8 Å². The maximum absolute atomic E-state index is 15.0. The zero-order chi connectivity index (χ0) is 48.9. The van der Waals surface area contributed by atoms with E-state index in [1.54, 1.807) is 52.8 Å². The molecule has 0 aliphatic rings. The lowest BCUT2D eigenvalue weighted by Gasteiger charge is -2.24. The number of azo groups is 1. The number of anilines is 2. The summed E-state index contributed by atoms with van der Waals surface area (Å²) in [4.78, 5) is 11.9. The molecule has 13 nitrogen and oxygen atoms in total. The first-order chi connectivity index (χ1) is 32.8. The van der Waals surface area contributed by atoms with Crippen molar-refractivity contribution in [3.8, 4) is 17.2 Å². The van der Waals surface area contributed by atoms with Crippen LogP contribution in [0.3, 0.4) is 0 Å². The normalized spacial score (nSPS) is 12.1. The van der Waals surface area contributed by atoms with Crippen LogP contribution in [0.25, 0.3) is 21.5 Å². The van der Waals surface area contributed by atoms with Crippen LogP contribution in [0.4, 0.5) is 22.7 Å². The van der Waals surface area contributed by atoms with E-state index in [1.807, 2.05) is 0 Å². The summed E-state index contributed by atoms with van der Waals surface area (Å²) in [5.41, 5.74) is 0.157. The number of rotatable bonds is 31. The number of nitrogens with one attached hydrogen (secondary N) is 2. The van der Waals surface area contributed by atoms with Gasteiger partial charge in [0, 0.05) is 36.2 Å². The van der Waals surface area contributed by atoms with E-state index >= 15 is 0 Å². The molecule has 1 amide bonds. The summed E-state index contributed by atoms with van der Waals surface area (Å²) in [6.07, 6.45) is 22.3. The number of unbranched alkanes of at least 4 members (excludes halogenated alkanes) is 18. The fourth-order valence-electron chi connectivity index (χ4n) is 8.68. The van der Waals surface area contributed by atoms with Gasteiger partial charge in [-0.3, -0.25) is 9.52 Å². The number of hydrogen-bond donors (Lipinski definition) is 4.